The monoisotopic (exact) mass is 234 g/mol. The standard InChI is InChI=1S/C13H18N2O2/c1-10-7-14-4-5-15(10)8-11-2-3-12-13(6-11)17-9-16-12/h2-3,6,10,14H,4-5,7-9H2,1H3. The molecule has 0 bridgehead atoms. The Morgan fingerprint density at radius 2 is 2.24 bits per heavy atom. The highest BCUT2D eigenvalue weighted by atomic mass is 16.7. The van der Waals surface area contributed by atoms with Gasteiger partial charge in [-0.25, -0.2) is 0 Å². The molecule has 0 amide bonds. The fraction of sp³-hybridized carbons (Fsp3) is 0.538. The fourth-order valence-electron chi connectivity index (χ4n) is 2.39. The van der Waals surface area contributed by atoms with Crippen LogP contribution in [0.4, 0.5) is 0 Å². The first-order valence-electron chi connectivity index (χ1n) is 6.16. The van der Waals surface area contributed by atoms with Gasteiger partial charge in [0.05, 0.1) is 0 Å². The third-order valence-corrected chi connectivity index (χ3v) is 3.46. The van der Waals surface area contributed by atoms with Crippen LogP contribution < -0.4 is 14.8 Å². The van der Waals surface area contributed by atoms with Crippen molar-refractivity contribution in [2.24, 2.45) is 0 Å². The van der Waals surface area contributed by atoms with E-state index >= 15 is 0 Å². The summed E-state index contributed by atoms with van der Waals surface area (Å²) in [7, 11) is 0. The molecule has 3 rings (SSSR count). The van der Waals surface area contributed by atoms with Gasteiger partial charge in [0, 0.05) is 32.2 Å². The van der Waals surface area contributed by atoms with Crippen LogP contribution >= 0.6 is 0 Å². The van der Waals surface area contributed by atoms with Crippen molar-refractivity contribution >= 4 is 0 Å². The lowest BCUT2D eigenvalue weighted by Crippen LogP contribution is -2.49. The van der Waals surface area contributed by atoms with Crippen molar-refractivity contribution in [2.75, 3.05) is 26.4 Å². The first-order chi connectivity index (χ1) is 8.33. The molecule has 17 heavy (non-hydrogen) atoms. The first-order valence-corrected chi connectivity index (χ1v) is 6.16. The summed E-state index contributed by atoms with van der Waals surface area (Å²) in [5.74, 6) is 1.74. The average molecular weight is 234 g/mol. The van der Waals surface area contributed by atoms with Gasteiger partial charge in [0.2, 0.25) is 6.79 Å². The summed E-state index contributed by atoms with van der Waals surface area (Å²) in [6.07, 6.45) is 0. The highest BCUT2D eigenvalue weighted by molar-refractivity contribution is 5.44. The minimum absolute atomic E-state index is 0.350. The zero-order chi connectivity index (χ0) is 11.7. The predicted octanol–water partition coefficient (Wildman–Crippen LogP) is 1.21. The number of ether oxygens (including phenoxy) is 2. The molecule has 0 aliphatic carbocycles. The average Bonchev–Trinajstić information content (AvgIpc) is 2.79. The summed E-state index contributed by atoms with van der Waals surface area (Å²) in [6, 6.07) is 6.82. The molecule has 2 heterocycles. The maximum absolute atomic E-state index is 5.40. The minimum Gasteiger partial charge on any atom is -0.454 e. The highest BCUT2D eigenvalue weighted by Crippen LogP contribution is 2.32. The van der Waals surface area contributed by atoms with Gasteiger partial charge >= 0.3 is 0 Å². The van der Waals surface area contributed by atoms with E-state index in [0.717, 1.165) is 37.7 Å². The Kier molecular flexibility index (Phi) is 2.91. The smallest absolute Gasteiger partial charge is 0.231 e. The van der Waals surface area contributed by atoms with Crippen LogP contribution in [0, 0.1) is 0 Å². The van der Waals surface area contributed by atoms with Gasteiger partial charge in [0.1, 0.15) is 0 Å². The SMILES string of the molecule is CC1CNCCN1Cc1ccc2c(c1)OCO2. The second kappa shape index (κ2) is 4.55. The van der Waals surface area contributed by atoms with Crippen LogP contribution in [0.5, 0.6) is 11.5 Å². The Hall–Kier alpha value is -1.26. The van der Waals surface area contributed by atoms with E-state index in [1.807, 2.05) is 6.07 Å². The van der Waals surface area contributed by atoms with E-state index in [2.05, 4.69) is 29.3 Å². The normalized spacial score (nSPS) is 23.9. The molecule has 1 saturated heterocycles. The molecule has 2 aliphatic rings. The van der Waals surface area contributed by atoms with Gasteiger partial charge in [-0.2, -0.15) is 0 Å². The van der Waals surface area contributed by atoms with E-state index in [9.17, 15) is 0 Å². The van der Waals surface area contributed by atoms with Crippen molar-refractivity contribution in [3.05, 3.63) is 23.8 Å². The highest BCUT2D eigenvalue weighted by Gasteiger charge is 2.19. The summed E-state index contributed by atoms with van der Waals surface area (Å²) in [4.78, 5) is 2.49. The molecule has 0 saturated carbocycles. The van der Waals surface area contributed by atoms with Crippen molar-refractivity contribution in [1.29, 1.82) is 0 Å². The lowest BCUT2D eigenvalue weighted by molar-refractivity contribution is 0.165. The fourth-order valence-corrected chi connectivity index (χ4v) is 2.39. The minimum atomic E-state index is 0.350. The van der Waals surface area contributed by atoms with E-state index in [4.69, 9.17) is 9.47 Å². The third-order valence-electron chi connectivity index (χ3n) is 3.46. The van der Waals surface area contributed by atoms with Crippen LogP contribution in [0.15, 0.2) is 18.2 Å². The van der Waals surface area contributed by atoms with Gasteiger partial charge < -0.3 is 14.8 Å². The Labute approximate surface area is 102 Å². The van der Waals surface area contributed by atoms with E-state index < -0.39 is 0 Å². The van der Waals surface area contributed by atoms with Crippen LogP contribution in [0.25, 0.3) is 0 Å². The molecular formula is C13H18N2O2. The van der Waals surface area contributed by atoms with Crippen molar-refractivity contribution in [2.45, 2.75) is 19.5 Å². The van der Waals surface area contributed by atoms with Crippen LogP contribution in [0.1, 0.15) is 12.5 Å². The Morgan fingerprint density at radius 3 is 3.12 bits per heavy atom. The zero-order valence-electron chi connectivity index (χ0n) is 10.1. The number of piperazine rings is 1. The Balaban J connectivity index is 1.72. The van der Waals surface area contributed by atoms with Crippen molar-refractivity contribution in [3.8, 4) is 11.5 Å². The molecule has 0 aromatic heterocycles. The van der Waals surface area contributed by atoms with E-state index in [1.54, 1.807) is 0 Å². The van der Waals surface area contributed by atoms with Crippen LogP contribution in [-0.4, -0.2) is 37.4 Å². The molecule has 1 aromatic carbocycles. The topological polar surface area (TPSA) is 33.7 Å². The van der Waals surface area contributed by atoms with Crippen molar-refractivity contribution in [3.63, 3.8) is 0 Å². The lowest BCUT2D eigenvalue weighted by Gasteiger charge is -2.33. The number of fused-ring (bicyclic) bond motifs is 1. The maximum atomic E-state index is 5.40. The Morgan fingerprint density at radius 1 is 1.35 bits per heavy atom. The summed E-state index contributed by atoms with van der Waals surface area (Å²) < 4.78 is 10.7. The number of nitrogens with zero attached hydrogens (tertiary/aromatic N) is 1. The van der Waals surface area contributed by atoms with Crippen LogP contribution in [-0.2, 0) is 6.54 Å². The number of rotatable bonds is 2. The van der Waals surface area contributed by atoms with Crippen LogP contribution in [0.2, 0.25) is 0 Å². The predicted molar refractivity (Wildman–Crippen MR) is 65.3 cm³/mol. The molecule has 92 valence electrons. The van der Waals surface area contributed by atoms with E-state index in [0.29, 0.717) is 12.8 Å². The van der Waals surface area contributed by atoms with Gasteiger partial charge in [0.25, 0.3) is 0 Å². The van der Waals surface area contributed by atoms with Crippen LogP contribution in [0.3, 0.4) is 0 Å². The molecule has 4 heteroatoms. The van der Waals surface area contributed by atoms with Crippen molar-refractivity contribution < 1.29 is 9.47 Å². The second-order valence-electron chi connectivity index (χ2n) is 4.71. The maximum Gasteiger partial charge on any atom is 0.231 e. The molecule has 1 atom stereocenters. The summed E-state index contributed by atoms with van der Waals surface area (Å²) >= 11 is 0. The number of hydrogen-bond donors (Lipinski definition) is 1. The molecule has 1 N–H and O–H groups in total. The molecule has 2 aliphatic heterocycles. The lowest BCUT2D eigenvalue weighted by atomic mass is 10.1. The molecule has 0 radical (unpaired) electrons. The van der Waals surface area contributed by atoms with Gasteiger partial charge in [0.15, 0.2) is 11.5 Å². The third kappa shape index (κ3) is 2.23. The van der Waals surface area contributed by atoms with E-state index in [1.165, 1.54) is 5.56 Å². The second-order valence-corrected chi connectivity index (χ2v) is 4.71. The number of benzene rings is 1. The molecule has 1 aromatic rings. The van der Waals surface area contributed by atoms with Crippen molar-refractivity contribution in [1.82, 2.24) is 10.2 Å². The van der Waals surface area contributed by atoms with Gasteiger partial charge in [-0.3, -0.25) is 4.90 Å². The van der Waals surface area contributed by atoms with E-state index in [-0.39, 0.29) is 0 Å². The number of nitrogens with one attached hydrogen (secondary N) is 1. The summed E-state index contributed by atoms with van der Waals surface area (Å²) in [5, 5.41) is 3.41. The zero-order valence-corrected chi connectivity index (χ0v) is 10.1. The molecule has 1 unspecified atom stereocenters. The summed E-state index contributed by atoms with van der Waals surface area (Å²) in [5.41, 5.74) is 1.29. The van der Waals surface area contributed by atoms with Gasteiger partial charge in [-0.15, -0.1) is 0 Å². The molecule has 4 nitrogen and oxygen atoms in total. The number of hydrogen-bond acceptors (Lipinski definition) is 4. The summed E-state index contributed by atoms with van der Waals surface area (Å²) in [6.45, 7) is 6.86. The van der Waals surface area contributed by atoms with Gasteiger partial charge in [-0.05, 0) is 24.6 Å². The largest absolute Gasteiger partial charge is 0.454 e. The Bertz CT molecular complexity index is 408. The van der Waals surface area contributed by atoms with Gasteiger partial charge in [-0.1, -0.05) is 6.07 Å². The molecular weight excluding hydrogens is 216 g/mol. The molecule has 1 fully saturated rings. The first kappa shape index (κ1) is 10.9. The quantitative estimate of drug-likeness (QED) is 0.834. The molecule has 0 spiro atoms.